The van der Waals surface area contributed by atoms with Crippen molar-refractivity contribution in [2.24, 2.45) is 10.3 Å². The fraction of sp³-hybridized carbons (Fsp3) is 0.0714. The number of amides is 1. The summed E-state index contributed by atoms with van der Waals surface area (Å²) in [4.78, 5) is 20.0. The Kier molecular flexibility index (Phi) is 4.70. The van der Waals surface area contributed by atoms with Crippen molar-refractivity contribution in [2.45, 2.75) is 6.92 Å². The lowest BCUT2D eigenvalue weighted by molar-refractivity contribution is -0.114. The molecule has 0 aliphatic rings. The molecule has 0 bridgehead atoms. The van der Waals surface area contributed by atoms with E-state index in [1.807, 2.05) is 6.07 Å². The highest BCUT2D eigenvalue weighted by atomic mass is 16.4. The largest absolute Gasteiger partial charge is 0.410 e. The molecule has 0 saturated heterocycles. The summed E-state index contributed by atoms with van der Waals surface area (Å²) < 4.78 is 0. The molecule has 0 unspecified atom stereocenters. The molecule has 7 heteroatoms. The number of aromatic nitrogens is 2. The molecule has 0 fully saturated rings. The Morgan fingerprint density at radius 2 is 1.71 bits per heavy atom. The van der Waals surface area contributed by atoms with Gasteiger partial charge in [-0.1, -0.05) is 17.3 Å². The van der Waals surface area contributed by atoms with Crippen molar-refractivity contribution in [2.75, 3.05) is 0 Å². The molecule has 0 radical (unpaired) electrons. The third-order valence-corrected chi connectivity index (χ3v) is 2.58. The molecule has 2 aromatic heterocycles. The molecule has 2 heterocycles. The van der Waals surface area contributed by atoms with Gasteiger partial charge in [-0.25, -0.2) is 5.43 Å². The van der Waals surface area contributed by atoms with Crippen molar-refractivity contribution >= 4 is 17.3 Å². The smallest absolute Gasteiger partial charge is 0.295 e. The van der Waals surface area contributed by atoms with Gasteiger partial charge >= 0.3 is 0 Å². The Hall–Kier alpha value is -3.09. The van der Waals surface area contributed by atoms with Crippen molar-refractivity contribution < 1.29 is 10.0 Å². The van der Waals surface area contributed by atoms with E-state index >= 15 is 0 Å². The second kappa shape index (κ2) is 6.90. The van der Waals surface area contributed by atoms with Gasteiger partial charge < -0.3 is 5.21 Å². The van der Waals surface area contributed by atoms with E-state index in [1.165, 1.54) is 6.20 Å². The minimum Gasteiger partial charge on any atom is -0.410 e. The summed E-state index contributed by atoms with van der Waals surface area (Å²) in [6.45, 7) is 1.71. The number of pyridine rings is 2. The molecule has 0 aliphatic heterocycles. The molecular formula is C14H13N5O2. The highest BCUT2D eigenvalue weighted by molar-refractivity contribution is 6.44. The van der Waals surface area contributed by atoms with Gasteiger partial charge in [-0.3, -0.25) is 14.8 Å². The lowest BCUT2D eigenvalue weighted by Crippen LogP contribution is -2.29. The van der Waals surface area contributed by atoms with E-state index in [9.17, 15) is 4.79 Å². The summed E-state index contributed by atoms with van der Waals surface area (Å²) in [6.07, 6.45) is 3.13. The summed E-state index contributed by atoms with van der Waals surface area (Å²) in [5.41, 5.74) is 3.51. The Bertz CT molecular complexity index is 668. The molecule has 0 saturated carbocycles. The zero-order chi connectivity index (χ0) is 15.1. The summed E-state index contributed by atoms with van der Waals surface area (Å²) >= 11 is 0. The molecule has 0 aliphatic carbocycles. The molecule has 2 aromatic rings. The van der Waals surface area contributed by atoms with Gasteiger partial charge in [-0.05, 0) is 31.2 Å². The van der Waals surface area contributed by atoms with Gasteiger partial charge in [0.15, 0.2) is 5.71 Å². The first-order chi connectivity index (χ1) is 10.2. The fourth-order valence-electron chi connectivity index (χ4n) is 1.54. The lowest BCUT2D eigenvalue weighted by atomic mass is 10.2. The molecule has 1 amide bonds. The molecule has 7 nitrogen and oxygen atoms in total. The van der Waals surface area contributed by atoms with Gasteiger partial charge in [-0.2, -0.15) is 5.10 Å². The van der Waals surface area contributed by atoms with Crippen LogP contribution in [0, 0.1) is 0 Å². The minimum absolute atomic E-state index is 0.215. The third kappa shape index (κ3) is 3.69. The Morgan fingerprint density at radius 1 is 1.10 bits per heavy atom. The summed E-state index contributed by atoms with van der Waals surface area (Å²) in [6, 6.07) is 10.3. The Morgan fingerprint density at radius 3 is 2.24 bits per heavy atom. The average molecular weight is 283 g/mol. The predicted molar refractivity (Wildman–Crippen MR) is 77.2 cm³/mol. The SMILES string of the molecule is C/C(=N\NC(=O)/C(=N/O)c1ccccn1)c1ccccn1. The van der Waals surface area contributed by atoms with Crippen LogP contribution in [0.25, 0.3) is 0 Å². The highest BCUT2D eigenvalue weighted by Crippen LogP contribution is 1.98. The van der Waals surface area contributed by atoms with Gasteiger partial charge in [0.05, 0.1) is 17.1 Å². The maximum atomic E-state index is 11.9. The maximum Gasteiger partial charge on any atom is 0.295 e. The Balaban J connectivity index is 2.11. The van der Waals surface area contributed by atoms with Gasteiger partial charge in [0.2, 0.25) is 0 Å². The molecule has 106 valence electrons. The quantitative estimate of drug-likeness (QED) is 0.500. The molecule has 0 aromatic carbocycles. The van der Waals surface area contributed by atoms with Gasteiger partial charge in [0.25, 0.3) is 5.91 Å². The zero-order valence-corrected chi connectivity index (χ0v) is 11.3. The standard InChI is InChI=1S/C14H13N5O2/c1-10(11-6-2-4-8-15-11)17-18-14(20)13(19-21)12-7-3-5-9-16-12/h2-9,21H,1H3,(H,18,20)/b17-10+,19-13+. The first kappa shape index (κ1) is 14.3. The summed E-state index contributed by atoms with van der Waals surface area (Å²) in [7, 11) is 0. The molecule has 2 rings (SSSR count). The van der Waals surface area contributed by atoms with Crippen molar-refractivity contribution in [3.05, 3.63) is 60.2 Å². The zero-order valence-electron chi connectivity index (χ0n) is 11.3. The van der Waals surface area contributed by atoms with E-state index in [0.717, 1.165) is 0 Å². The first-order valence-corrected chi connectivity index (χ1v) is 6.12. The summed E-state index contributed by atoms with van der Waals surface area (Å²) in [5, 5.41) is 15.8. The van der Waals surface area contributed by atoms with E-state index in [-0.39, 0.29) is 11.4 Å². The number of nitrogens with zero attached hydrogens (tertiary/aromatic N) is 4. The van der Waals surface area contributed by atoms with Crippen LogP contribution >= 0.6 is 0 Å². The van der Waals surface area contributed by atoms with Crippen LogP contribution in [-0.4, -0.2) is 32.5 Å². The number of carbonyl (C=O) groups is 1. The normalized spacial score (nSPS) is 12.0. The number of hydrogen-bond donors (Lipinski definition) is 2. The number of hydrazone groups is 1. The lowest BCUT2D eigenvalue weighted by Gasteiger charge is -2.03. The van der Waals surface area contributed by atoms with Crippen molar-refractivity contribution in [1.82, 2.24) is 15.4 Å². The van der Waals surface area contributed by atoms with Gasteiger partial charge in [0, 0.05) is 12.4 Å². The van der Waals surface area contributed by atoms with Crippen LogP contribution in [0.4, 0.5) is 0 Å². The van der Waals surface area contributed by atoms with Crippen LogP contribution < -0.4 is 5.43 Å². The maximum absolute atomic E-state index is 11.9. The van der Waals surface area contributed by atoms with Crippen LogP contribution in [0.5, 0.6) is 0 Å². The van der Waals surface area contributed by atoms with Crippen LogP contribution in [0.15, 0.2) is 59.0 Å². The van der Waals surface area contributed by atoms with Crippen molar-refractivity contribution in [3.8, 4) is 0 Å². The number of oxime groups is 1. The van der Waals surface area contributed by atoms with Crippen molar-refractivity contribution in [3.63, 3.8) is 0 Å². The Labute approximate surface area is 121 Å². The van der Waals surface area contributed by atoms with Crippen LogP contribution in [0.2, 0.25) is 0 Å². The second-order valence-corrected chi connectivity index (χ2v) is 4.02. The molecule has 2 N–H and O–H groups in total. The minimum atomic E-state index is -0.661. The number of nitrogens with one attached hydrogen (secondary N) is 1. The average Bonchev–Trinajstić information content (AvgIpc) is 2.55. The summed E-state index contributed by atoms with van der Waals surface area (Å²) in [5.74, 6) is -0.661. The van der Waals surface area contributed by atoms with E-state index in [1.54, 1.807) is 43.5 Å². The number of rotatable bonds is 4. The predicted octanol–water partition coefficient (Wildman–Crippen LogP) is 1.20. The fourth-order valence-corrected chi connectivity index (χ4v) is 1.54. The number of hydrogen-bond acceptors (Lipinski definition) is 6. The highest BCUT2D eigenvalue weighted by Gasteiger charge is 2.15. The van der Waals surface area contributed by atoms with E-state index in [0.29, 0.717) is 11.4 Å². The van der Waals surface area contributed by atoms with Gasteiger partial charge in [0.1, 0.15) is 0 Å². The first-order valence-electron chi connectivity index (χ1n) is 6.12. The molecule has 21 heavy (non-hydrogen) atoms. The van der Waals surface area contributed by atoms with Crippen LogP contribution in [0.3, 0.4) is 0 Å². The molecule has 0 atom stereocenters. The van der Waals surface area contributed by atoms with E-state index in [4.69, 9.17) is 5.21 Å². The van der Waals surface area contributed by atoms with Crippen LogP contribution in [0.1, 0.15) is 18.3 Å². The number of carbonyl (C=O) groups excluding carboxylic acids is 1. The van der Waals surface area contributed by atoms with Gasteiger partial charge in [-0.15, -0.1) is 0 Å². The topological polar surface area (TPSA) is 99.8 Å². The van der Waals surface area contributed by atoms with Crippen LogP contribution in [-0.2, 0) is 4.79 Å². The molecule has 0 spiro atoms. The second-order valence-electron chi connectivity index (χ2n) is 4.02. The monoisotopic (exact) mass is 283 g/mol. The molecular weight excluding hydrogens is 270 g/mol. The third-order valence-electron chi connectivity index (χ3n) is 2.58. The van der Waals surface area contributed by atoms with E-state index in [2.05, 4.69) is 25.7 Å². The van der Waals surface area contributed by atoms with E-state index < -0.39 is 5.91 Å². The van der Waals surface area contributed by atoms with Crippen molar-refractivity contribution in [1.29, 1.82) is 0 Å².